The number of hydrogen-bond donors (Lipinski definition) is 1. The summed E-state index contributed by atoms with van der Waals surface area (Å²) in [7, 11) is -4.27. The molecular weight excluding hydrogens is 184 g/mol. The molecule has 0 aliphatic rings. The molecule has 0 unspecified atom stereocenters. The Morgan fingerprint density at radius 3 is 2.08 bits per heavy atom. The van der Waals surface area contributed by atoms with Gasteiger partial charge in [0.1, 0.15) is 5.60 Å². The van der Waals surface area contributed by atoms with Crippen molar-refractivity contribution in [2.45, 2.75) is 26.4 Å². The lowest BCUT2D eigenvalue weighted by Gasteiger charge is -2.18. The van der Waals surface area contributed by atoms with E-state index < -0.39 is 21.9 Å². The summed E-state index contributed by atoms with van der Waals surface area (Å²) in [4.78, 5) is 10.6. The number of hydrogen-bond acceptors (Lipinski definition) is 4. The summed E-state index contributed by atoms with van der Waals surface area (Å²) in [5, 5.41) is 6.33. The Morgan fingerprint density at radius 2 is 1.83 bits per heavy atom. The molecule has 1 amide bonds. The molecule has 0 saturated heterocycles. The number of rotatable bonds is 1. The van der Waals surface area contributed by atoms with Crippen LogP contribution in [0.25, 0.3) is 0 Å². The highest BCUT2D eigenvalue weighted by molar-refractivity contribution is 7.87. The minimum atomic E-state index is -4.27. The summed E-state index contributed by atoms with van der Waals surface area (Å²) in [5.74, 6) is 0. The fourth-order valence-corrected chi connectivity index (χ4v) is 0.670. The van der Waals surface area contributed by atoms with Gasteiger partial charge in [-0.3, -0.25) is 0 Å². The van der Waals surface area contributed by atoms with Gasteiger partial charge >= 0.3 is 16.3 Å². The number of carbonyl (C=O) groups excluding carboxylic acids is 1. The minimum Gasteiger partial charge on any atom is -0.443 e. The van der Waals surface area contributed by atoms with Crippen molar-refractivity contribution in [3.05, 3.63) is 0 Å². The second-order valence-corrected chi connectivity index (χ2v) is 4.32. The standard InChI is InChI=1S/C5H11N2O4S/c1-5(2,3)11-4(8)7-12(6,9)10/h6H,1-3H3,(H,7,8). The molecule has 12 heavy (non-hydrogen) atoms. The van der Waals surface area contributed by atoms with Gasteiger partial charge in [0.15, 0.2) is 0 Å². The molecule has 6 nitrogen and oxygen atoms in total. The summed E-state index contributed by atoms with van der Waals surface area (Å²) in [5.41, 5.74) is -0.769. The van der Waals surface area contributed by atoms with Crippen molar-refractivity contribution in [3.8, 4) is 0 Å². The van der Waals surface area contributed by atoms with Gasteiger partial charge in [0.2, 0.25) is 0 Å². The third-order valence-corrected chi connectivity index (χ3v) is 1.05. The first kappa shape index (κ1) is 11.2. The Labute approximate surface area is 71.3 Å². The van der Waals surface area contributed by atoms with Gasteiger partial charge in [-0.2, -0.15) is 8.42 Å². The lowest BCUT2D eigenvalue weighted by atomic mass is 10.2. The normalized spacial score (nSPS) is 12.3. The Balaban J connectivity index is 4.10. The molecule has 0 aromatic rings. The third-order valence-electron chi connectivity index (χ3n) is 0.617. The van der Waals surface area contributed by atoms with Gasteiger partial charge in [-0.1, -0.05) is 0 Å². The van der Waals surface area contributed by atoms with E-state index >= 15 is 0 Å². The van der Waals surface area contributed by atoms with Crippen LogP contribution in [-0.4, -0.2) is 20.1 Å². The molecule has 0 aromatic heterocycles. The molecule has 0 saturated carbocycles. The maximum absolute atomic E-state index is 10.6. The van der Waals surface area contributed by atoms with Crippen molar-refractivity contribution in [1.29, 1.82) is 0 Å². The molecule has 7 heteroatoms. The van der Waals surface area contributed by atoms with Crippen LogP contribution < -0.4 is 9.86 Å². The van der Waals surface area contributed by atoms with E-state index in [1.165, 1.54) is 4.72 Å². The molecule has 0 aromatic carbocycles. The highest BCUT2D eigenvalue weighted by Gasteiger charge is 2.18. The van der Waals surface area contributed by atoms with E-state index in [-0.39, 0.29) is 0 Å². The first-order valence-corrected chi connectivity index (χ1v) is 4.59. The molecule has 0 spiro atoms. The molecule has 0 heterocycles. The second kappa shape index (κ2) is 3.28. The van der Waals surface area contributed by atoms with Gasteiger partial charge < -0.3 is 4.74 Å². The summed E-state index contributed by atoms with van der Waals surface area (Å²) in [6.45, 7) is 4.76. The molecule has 71 valence electrons. The summed E-state index contributed by atoms with van der Waals surface area (Å²) >= 11 is 0. The van der Waals surface area contributed by atoms with Gasteiger partial charge in [0.05, 0.1) is 0 Å². The smallest absolute Gasteiger partial charge is 0.422 e. The van der Waals surface area contributed by atoms with Gasteiger partial charge in [0.25, 0.3) is 0 Å². The molecule has 0 bridgehead atoms. The van der Waals surface area contributed by atoms with Crippen molar-refractivity contribution in [2.75, 3.05) is 0 Å². The van der Waals surface area contributed by atoms with E-state index in [1.807, 2.05) is 0 Å². The van der Waals surface area contributed by atoms with Gasteiger partial charge in [0, 0.05) is 0 Å². The second-order valence-electron chi connectivity index (χ2n) is 3.11. The lowest BCUT2D eigenvalue weighted by Crippen LogP contribution is -2.36. The van der Waals surface area contributed by atoms with Crippen LogP contribution in [0.1, 0.15) is 20.8 Å². The van der Waals surface area contributed by atoms with Gasteiger partial charge in [-0.25, -0.2) is 9.52 Å². The molecule has 0 atom stereocenters. The van der Waals surface area contributed by atoms with E-state index in [4.69, 9.17) is 5.14 Å². The summed E-state index contributed by atoms with van der Waals surface area (Å²) in [6.07, 6.45) is -1.14. The van der Waals surface area contributed by atoms with Crippen LogP contribution in [0.4, 0.5) is 4.79 Å². The maximum atomic E-state index is 10.6. The van der Waals surface area contributed by atoms with Gasteiger partial charge in [-0.05, 0) is 20.8 Å². The van der Waals surface area contributed by atoms with E-state index in [9.17, 15) is 13.2 Å². The molecule has 0 fully saturated rings. The summed E-state index contributed by atoms with van der Waals surface area (Å²) in [6, 6.07) is 0. The van der Waals surface area contributed by atoms with Gasteiger partial charge in [-0.15, -0.1) is 5.14 Å². The largest absolute Gasteiger partial charge is 0.443 e. The van der Waals surface area contributed by atoms with Crippen molar-refractivity contribution in [2.24, 2.45) is 0 Å². The van der Waals surface area contributed by atoms with Crippen LogP contribution in [-0.2, 0) is 14.9 Å². The predicted molar refractivity (Wildman–Crippen MR) is 41.4 cm³/mol. The highest BCUT2D eigenvalue weighted by atomic mass is 32.2. The van der Waals surface area contributed by atoms with Crippen LogP contribution >= 0.6 is 0 Å². The SMILES string of the molecule is CC(C)(C)OC(=O)NS([NH])(=O)=O. The number of carbonyl (C=O) groups is 1. The van der Waals surface area contributed by atoms with Crippen LogP contribution in [0, 0.1) is 0 Å². The van der Waals surface area contributed by atoms with Crippen LogP contribution in [0.2, 0.25) is 0 Å². The van der Waals surface area contributed by atoms with Crippen LogP contribution in [0.3, 0.4) is 0 Å². The van der Waals surface area contributed by atoms with Crippen LogP contribution in [0.15, 0.2) is 0 Å². The fraction of sp³-hybridized carbons (Fsp3) is 0.800. The first-order valence-electron chi connectivity index (χ1n) is 3.10. The average molecular weight is 195 g/mol. The number of amides is 1. The average Bonchev–Trinajstić information content (AvgIpc) is 1.49. The monoisotopic (exact) mass is 195 g/mol. The highest BCUT2D eigenvalue weighted by Crippen LogP contribution is 2.06. The van der Waals surface area contributed by atoms with Crippen LogP contribution in [0.5, 0.6) is 0 Å². The fourth-order valence-electron chi connectivity index (χ4n) is 0.409. The van der Waals surface area contributed by atoms with Crippen molar-refractivity contribution in [1.82, 2.24) is 9.86 Å². The zero-order valence-corrected chi connectivity index (χ0v) is 7.86. The molecule has 0 rings (SSSR count). The van der Waals surface area contributed by atoms with E-state index in [2.05, 4.69) is 4.74 Å². The Morgan fingerprint density at radius 1 is 1.42 bits per heavy atom. The van der Waals surface area contributed by atoms with Crippen molar-refractivity contribution in [3.63, 3.8) is 0 Å². The van der Waals surface area contributed by atoms with E-state index in [0.29, 0.717) is 0 Å². The Kier molecular flexibility index (Phi) is 3.05. The Bertz CT molecular complexity index is 264. The molecule has 2 N–H and O–H groups in total. The minimum absolute atomic E-state index is 0.769. The maximum Gasteiger partial charge on any atom is 0.422 e. The zero-order valence-electron chi connectivity index (χ0n) is 7.04. The van der Waals surface area contributed by atoms with E-state index in [1.54, 1.807) is 20.8 Å². The number of ether oxygens (including phenoxy) is 1. The topological polar surface area (TPSA) is 96.3 Å². The Hall–Kier alpha value is -0.820. The number of nitrogens with one attached hydrogen (secondary N) is 2. The molecule has 0 aliphatic heterocycles. The van der Waals surface area contributed by atoms with E-state index in [0.717, 1.165) is 0 Å². The predicted octanol–water partition coefficient (Wildman–Crippen LogP) is 0.0388. The third kappa shape index (κ3) is 7.29. The molecule has 0 aliphatic carbocycles. The summed E-state index contributed by atoms with van der Waals surface area (Å²) < 4.78 is 26.3. The van der Waals surface area contributed by atoms with Crippen molar-refractivity contribution >= 4 is 16.3 Å². The molecule has 1 radical (unpaired) electrons. The lowest BCUT2D eigenvalue weighted by molar-refractivity contribution is 0.0570. The molecular formula is C5H11N2O4S. The first-order chi connectivity index (χ1) is 5.10. The zero-order chi connectivity index (χ0) is 9.99. The quantitative estimate of drug-likeness (QED) is 0.638. The van der Waals surface area contributed by atoms with Crippen molar-refractivity contribution < 1.29 is 17.9 Å².